The van der Waals surface area contributed by atoms with Crippen molar-refractivity contribution in [3.63, 3.8) is 0 Å². The minimum Gasteiger partial charge on any atom is -0.462 e. The van der Waals surface area contributed by atoms with Gasteiger partial charge in [0, 0.05) is 16.5 Å². The number of aromatic amines is 1. The molecule has 1 N–H and O–H groups in total. The predicted octanol–water partition coefficient (Wildman–Crippen LogP) is 4.72. The molecule has 3 heteroatoms. The highest BCUT2D eigenvalue weighted by molar-refractivity contribution is 6.21. The molecule has 0 spiro atoms. The van der Waals surface area contributed by atoms with Gasteiger partial charge in [0.25, 0.3) is 0 Å². The van der Waals surface area contributed by atoms with Crippen molar-refractivity contribution < 1.29 is 9.53 Å². The van der Waals surface area contributed by atoms with Crippen molar-refractivity contribution in [3.8, 4) is 11.3 Å². The summed E-state index contributed by atoms with van der Waals surface area (Å²) in [6.07, 6.45) is 0. The smallest absolute Gasteiger partial charge is 0.338 e. The molecule has 0 unspecified atom stereocenters. The van der Waals surface area contributed by atoms with Gasteiger partial charge >= 0.3 is 5.97 Å². The minimum absolute atomic E-state index is 0.333. The first-order valence-corrected chi connectivity index (χ1v) is 7.66. The van der Waals surface area contributed by atoms with E-state index in [-0.39, 0.29) is 5.97 Å². The van der Waals surface area contributed by atoms with Crippen LogP contribution in [-0.4, -0.2) is 17.6 Å². The second-order valence-corrected chi connectivity index (χ2v) is 5.49. The second-order valence-electron chi connectivity index (χ2n) is 5.49. The van der Waals surface area contributed by atoms with E-state index in [1.54, 1.807) is 6.92 Å². The summed E-state index contributed by atoms with van der Waals surface area (Å²) in [5.74, 6) is -0.383. The number of carbonyl (C=O) groups excluding carboxylic acids is 1. The molecular formula is C20H19NO2. The highest BCUT2D eigenvalue weighted by Gasteiger charge is 2.20. The van der Waals surface area contributed by atoms with Gasteiger partial charge in [0.2, 0.25) is 0 Å². The normalized spacial score (nSPS) is 10.7. The van der Waals surface area contributed by atoms with Crippen LogP contribution in [0.25, 0.3) is 27.7 Å². The molecular weight excluding hydrogens is 286 g/mol. The molecule has 23 heavy (non-hydrogen) atoms. The molecule has 1 aromatic heterocycles. The zero-order chi connectivity index (χ0) is 16.4. The zero-order valence-electron chi connectivity index (χ0n) is 13.3. The number of aromatic nitrogens is 1. The van der Waals surface area contributed by atoms with E-state index in [4.69, 9.17) is 4.74 Å². The average molecular weight is 305 g/mol. The van der Waals surface area contributed by atoms with E-state index in [0.717, 1.165) is 33.3 Å². The van der Waals surface area contributed by atoms with Gasteiger partial charge in [0.1, 0.15) is 0 Å². The summed E-state index contributed by atoms with van der Waals surface area (Å²) in [5.41, 5.74) is 5.24. The minimum atomic E-state index is -0.383. The maximum absolute atomic E-state index is 12.2. The van der Waals surface area contributed by atoms with E-state index in [1.807, 2.05) is 49.4 Å². The number of rotatable bonds is 4. The third-order valence-corrected chi connectivity index (χ3v) is 3.84. The van der Waals surface area contributed by atoms with Crippen LogP contribution in [0.15, 0.2) is 55.1 Å². The van der Waals surface area contributed by atoms with E-state index in [9.17, 15) is 4.79 Å². The summed E-state index contributed by atoms with van der Waals surface area (Å²) < 4.78 is 5.14. The fraction of sp³-hybridized carbons (Fsp3) is 0.150. The van der Waals surface area contributed by atoms with Gasteiger partial charge in [-0.3, -0.25) is 0 Å². The Hall–Kier alpha value is -2.81. The lowest BCUT2D eigenvalue weighted by molar-refractivity contribution is -0.136. The molecule has 0 aliphatic heterocycles. The monoisotopic (exact) mass is 305 g/mol. The second kappa shape index (κ2) is 6.13. The summed E-state index contributed by atoms with van der Waals surface area (Å²) >= 11 is 0. The number of benzene rings is 2. The topological polar surface area (TPSA) is 42.1 Å². The van der Waals surface area contributed by atoms with Crippen molar-refractivity contribution in [1.29, 1.82) is 0 Å². The van der Waals surface area contributed by atoms with Crippen LogP contribution in [0.4, 0.5) is 0 Å². The molecule has 2 aromatic carbocycles. The number of nitrogens with one attached hydrogen (secondary N) is 1. The van der Waals surface area contributed by atoms with Gasteiger partial charge in [0.05, 0.1) is 17.9 Å². The Morgan fingerprint density at radius 2 is 1.91 bits per heavy atom. The Bertz CT molecular complexity index is 875. The van der Waals surface area contributed by atoms with E-state index in [1.165, 1.54) is 0 Å². The molecule has 3 rings (SSSR count). The highest BCUT2D eigenvalue weighted by Crippen LogP contribution is 2.35. The third kappa shape index (κ3) is 2.78. The van der Waals surface area contributed by atoms with E-state index in [2.05, 4.69) is 17.6 Å². The molecule has 0 atom stereocenters. The van der Waals surface area contributed by atoms with Crippen molar-refractivity contribution in [1.82, 2.24) is 4.98 Å². The Morgan fingerprint density at radius 1 is 1.17 bits per heavy atom. The van der Waals surface area contributed by atoms with Crippen LogP contribution in [0.3, 0.4) is 0 Å². The number of H-pyrrole nitrogens is 1. The van der Waals surface area contributed by atoms with Crippen LogP contribution in [0.1, 0.15) is 18.1 Å². The SMILES string of the molecule is C=C(C(=O)OCC)c1c(-c2ccccc2)[nH]c2cc(C)ccc12. The number of ether oxygens (including phenoxy) is 1. The summed E-state index contributed by atoms with van der Waals surface area (Å²) in [6.45, 7) is 8.15. The predicted molar refractivity (Wildman–Crippen MR) is 94.1 cm³/mol. The summed E-state index contributed by atoms with van der Waals surface area (Å²) in [5, 5.41) is 0.979. The number of aryl methyl sites for hydroxylation is 1. The van der Waals surface area contributed by atoms with Crippen LogP contribution < -0.4 is 0 Å². The molecule has 0 bridgehead atoms. The fourth-order valence-electron chi connectivity index (χ4n) is 2.77. The summed E-state index contributed by atoms with van der Waals surface area (Å²) in [4.78, 5) is 15.6. The molecule has 3 aromatic rings. The number of esters is 1. The van der Waals surface area contributed by atoms with Crippen LogP contribution in [0.5, 0.6) is 0 Å². The molecule has 0 amide bonds. The van der Waals surface area contributed by atoms with Crippen LogP contribution >= 0.6 is 0 Å². The fourth-order valence-corrected chi connectivity index (χ4v) is 2.77. The van der Waals surface area contributed by atoms with Crippen LogP contribution in [0, 0.1) is 6.92 Å². The molecule has 3 nitrogen and oxygen atoms in total. The molecule has 0 radical (unpaired) electrons. The molecule has 1 heterocycles. The van der Waals surface area contributed by atoms with Gasteiger partial charge in [-0.2, -0.15) is 0 Å². The Labute approximate surface area is 135 Å². The van der Waals surface area contributed by atoms with Crippen molar-refractivity contribution in [2.45, 2.75) is 13.8 Å². The van der Waals surface area contributed by atoms with Gasteiger partial charge in [-0.05, 0) is 31.0 Å². The first-order valence-electron chi connectivity index (χ1n) is 7.66. The largest absolute Gasteiger partial charge is 0.462 e. The van der Waals surface area contributed by atoms with Crippen LogP contribution in [0.2, 0.25) is 0 Å². The Kier molecular flexibility index (Phi) is 4.02. The number of hydrogen-bond acceptors (Lipinski definition) is 2. The number of hydrogen-bond donors (Lipinski definition) is 1. The number of carbonyl (C=O) groups is 1. The van der Waals surface area contributed by atoms with Crippen LogP contribution in [-0.2, 0) is 9.53 Å². The molecule has 0 fully saturated rings. The zero-order valence-corrected chi connectivity index (χ0v) is 13.3. The Balaban J connectivity index is 2.24. The standard InChI is InChI=1S/C20H19NO2/c1-4-23-20(22)14(3)18-16-11-10-13(2)12-17(16)21-19(18)15-8-6-5-7-9-15/h5-12,21H,3-4H2,1-2H3. The average Bonchev–Trinajstić information content (AvgIpc) is 2.93. The van der Waals surface area contributed by atoms with Gasteiger partial charge in [-0.25, -0.2) is 4.79 Å². The van der Waals surface area contributed by atoms with Gasteiger partial charge in [-0.15, -0.1) is 0 Å². The number of fused-ring (bicyclic) bond motifs is 1. The van der Waals surface area contributed by atoms with Gasteiger partial charge < -0.3 is 9.72 Å². The van der Waals surface area contributed by atoms with Crippen molar-refractivity contribution >= 4 is 22.4 Å². The first-order chi connectivity index (χ1) is 11.1. The molecule has 0 aliphatic rings. The Morgan fingerprint density at radius 3 is 2.61 bits per heavy atom. The maximum atomic E-state index is 12.2. The third-order valence-electron chi connectivity index (χ3n) is 3.84. The van der Waals surface area contributed by atoms with Gasteiger partial charge in [0.15, 0.2) is 0 Å². The van der Waals surface area contributed by atoms with Crippen molar-refractivity contribution in [3.05, 3.63) is 66.2 Å². The van der Waals surface area contributed by atoms with E-state index < -0.39 is 0 Å². The lowest BCUT2D eigenvalue weighted by atomic mass is 9.99. The van der Waals surface area contributed by atoms with Crippen molar-refractivity contribution in [2.75, 3.05) is 6.61 Å². The highest BCUT2D eigenvalue weighted by atomic mass is 16.5. The van der Waals surface area contributed by atoms with E-state index >= 15 is 0 Å². The summed E-state index contributed by atoms with van der Waals surface area (Å²) in [6, 6.07) is 16.1. The summed E-state index contributed by atoms with van der Waals surface area (Å²) in [7, 11) is 0. The lowest BCUT2D eigenvalue weighted by Gasteiger charge is -2.08. The molecule has 0 saturated heterocycles. The maximum Gasteiger partial charge on any atom is 0.338 e. The van der Waals surface area contributed by atoms with Crippen molar-refractivity contribution in [2.24, 2.45) is 0 Å². The lowest BCUT2D eigenvalue weighted by Crippen LogP contribution is -2.06. The van der Waals surface area contributed by atoms with E-state index in [0.29, 0.717) is 12.2 Å². The molecule has 0 aliphatic carbocycles. The molecule has 0 saturated carbocycles. The first kappa shape index (κ1) is 15.1. The van der Waals surface area contributed by atoms with Gasteiger partial charge in [-0.1, -0.05) is 49.0 Å². The molecule has 116 valence electrons. The quantitative estimate of drug-likeness (QED) is 0.560.